The SMILES string of the molecule is CCNc1cc(Nc2ccc(F)cc2)nc(COCC)n1. The van der Waals surface area contributed by atoms with E-state index in [1.807, 2.05) is 19.9 Å². The lowest BCUT2D eigenvalue weighted by Crippen LogP contribution is -2.07. The molecule has 1 heterocycles. The van der Waals surface area contributed by atoms with Crippen molar-refractivity contribution in [1.29, 1.82) is 0 Å². The number of halogens is 1. The van der Waals surface area contributed by atoms with Gasteiger partial charge in [0.2, 0.25) is 0 Å². The van der Waals surface area contributed by atoms with Crippen LogP contribution >= 0.6 is 0 Å². The molecule has 1 aromatic heterocycles. The van der Waals surface area contributed by atoms with E-state index >= 15 is 0 Å². The topological polar surface area (TPSA) is 59.1 Å². The third kappa shape index (κ3) is 4.68. The Labute approximate surface area is 123 Å². The van der Waals surface area contributed by atoms with Crippen LogP contribution in [0.15, 0.2) is 30.3 Å². The van der Waals surface area contributed by atoms with Crippen LogP contribution in [0.25, 0.3) is 0 Å². The van der Waals surface area contributed by atoms with E-state index in [-0.39, 0.29) is 5.82 Å². The maximum absolute atomic E-state index is 12.9. The third-order valence-corrected chi connectivity index (χ3v) is 2.68. The minimum Gasteiger partial charge on any atom is -0.374 e. The monoisotopic (exact) mass is 290 g/mol. The maximum atomic E-state index is 12.9. The number of anilines is 3. The first-order chi connectivity index (χ1) is 10.2. The average molecular weight is 290 g/mol. The molecule has 0 spiro atoms. The normalized spacial score (nSPS) is 10.4. The van der Waals surface area contributed by atoms with E-state index < -0.39 is 0 Å². The second-order valence-electron chi connectivity index (χ2n) is 4.35. The van der Waals surface area contributed by atoms with Crippen LogP contribution in [0.2, 0.25) is 0 Å². The van der Waals surface area contributed by atoms with Gasteiger partial charge in [-0.3, -0.25) is 0 Å². The zero-order chi connectivity index (χ0) is 15.1. The van der Waals surface area contributed by atoms with Crippen molar-refractivity contribution < 1.29 is 9.13 Å². The maximum Gasteiger partial charge on any atom is 0.158 e. The molecule has 6 heteroatoms. The summed E-state index contributed by atoms with van der Waals surface area (Å²) in [5.74, 6) is 1.70. The standard InChI is InChI=1S/C15H19FN4O/c1-3-17-13-9-14(20-15(19-13)10-21-4-2)18-12-7-5-11(16)6-8-12/h5-9H,3-4,10H2,1-2H3,(H2,17,18,19,20). The summed E-state index contributed by atoms with van der Waals surface area (Å²) < 4.78 is 18.3. The summed E-state index contributed by atoms with van der Waals surface area (Å²) in [6.45, 7) is 5.65. The molecule has 0 radical (unpaired) electrons. The molecule has 0 bridgehead atoms. The number of rotatable bonds is 7. The van der Waals surface area contributed by atoms with Gasteiger partial charge >= 0.3 is 0 Å². The second kappa shape index (κ2) is 7.54. The Kier molecular flexibility index (Phi) is 5.45. The number of aromatic nitrogens is 2. The van der Waals surface area contributed by atoms with Crippen molar-refractivity contribution >= 4 is 17.3 Å². The van der Waals surface area contributed by atoms with Gasteiger partial charge in [0, 0.05) is 24.9 Å². The fraction of sp³-hybridized carbons (Fsp3) is 0.333. The number of nitrogens with one attached hydrogen (secondary N) is 2. The van der Waals surface area contributed by atoms with Crippen LogP contribution < -0.4 is 10.6 Å². The van der Waals surface area contributed by atoms with Crippen molar-refractivity contribution in [3.8, 4) is 0 Å². The van der Waals surface area contributed by atoms with Gasteiger partial charge < -0.3 is 15.4 Å². The fourth-order valence-corrected chi connectivity index (χ4v) is 1.77. The number of hydrogen-bond acceptors (Lipinski definition) is 5. The Hall–Kier alpha value is -2.21. The highest BCUT2D eigenvalue weighted by molar-refractivity contribution is 5.59. The number of nitrogens with zero attached hydrogens (tertiary/aromatic N) is 2. The molecule has 0 aliphatic carbocycles. The Morgan fingerprint density at radius 3 is 2.48 bits per heavy atom. The van der Waals surface area contributed by atoms with Crippen molar-refractivity contribution in [2.24, 2.45) is 0 Å². The van der Waals surface area contributed by atoms with Gasteiger partial charge in [0.1, 0.15) is 24.1 Å². The van der Waals surface area contributed by atoms with Crippen LogP contribution in [0.1, 0.15) is 19.7 Å². The van der Waals surface area contributed by atoms with Crippen molar-refractivity contribution in [1.82, 2.24) is 9.97 Å². The van der Waals surface area contributed by atoms with Crippen molar-refractivity contribution in [2.45, 2.75) is 20.5 Å². The zero-order valence-electron chi connectivity index (χ0n) is 12.2. The van der Waals surface area contributed by atoms with Crippen LogP contribution in [0.3, 0.4) is 0 Å². The lowest BCUT2D eigenvalue weighted by atomic mass is 10.3. The van der Waals surface area contributed by atoms with Gasteiger partial charge in [-0.15, -0.1) is 0 Å². The summed E-state index contributed by atoms with van der Waals surface area (Å²) in [6, 6.07) is 7.92. The van der Waals surface area contributed by atoms with Crippen LogP contribution in [-0.4, -0.2) is 23.1 Å². The Morgan fingerprint density at radius 2 is 1.81 bits per heavy atom. The van der Waals surface area contributed by atoms with Gasteiger partial charge in [0.05, 0.1) is 0 Å². The first kappa shape index (κ1) is 15.2. The molecule has 2 rings (SSSR count). The third-order valence-electron chi connectivity index (χ3n) is 2.68. The lowest BCUT2D eigenvalue weighted by molar-refractivity contribution is 0.128. The van der Waals surface area contributed by atoms with E-state index in [4.69, 9.17) is 4.74 Å². The summed E-state index contributed by atoms with van der Waals surface area (Å²) in [4.78, 5) is 8.76. The highest BCUT2D eigenvalue weighted by atomic mass is 19.1. The van der Waals surface area contributed by atoms with Gasteiger partial charge in [-0.05, 0) is 38.1 Å². The molecule has 5 nitrogen and oxygen atoms in total. The van der Waals surface area contributed by atoms with Crippen LogP contribution in [0, 0.1) is 5.82 Å². The van der Waals surface area contributed by atoms with E-state index in [2.05, 4.69) is 20.6 Å². The summed E-state index contributed by atoms with van der Waals surface area (Å²) in [7, 11) is 0. The summed E-state index contributed by atoms with van der Waals surface area (Å²) in [5, 5.41) is 6.29. The molecule has 0 atom stereocenters. The van der Waals surface area contributed by atoms with Crippen LogP contribution in [0.4, 0.5) is 21.7 Å². The minimum absolute atomic E-state index is 0.270. The molecule has 0 saturated heterocycles. The van der Waals surface area contributed by atoms with Crippen LogP contribution in [-0.2, 0) is 11.3 Å². The molecular weight excluding hydrogens is 271 g/mol. The van der Waals surface area contributed by atoms with Crippen molar-refractivity contribution in [3.05, 3.63) is 42.0 Å². The molecule has 0 aliphatic rings. The van der Waals surface area contributed by atoms with E-state index in [1.165, 1.54) is 12.1 Å². The predicted molar refractivity (Wildman–Crippen MR) is 81.2 cm³/mol. The predicted octanol–water partition coefficient (Wildman–Crippen LogP) is 3.33. The molecule has 2 N–H and O–H groups in total. The van der Waals surface area contributed by atoms with E-state index in [0.29, 0.717) is 24.9 Å². The highest BCUT2D eigenvalue weighted by Crippen LogP contribution is 2.18. The van der Waals surface area contributed by atoms with Gasteiger partial charge in [-0.25, -0.2) is 14.4 Å². The van der Waals surface area contributed by atoms with Gasteiger partial charge in [-0.2, -0.15) is 0 Å². The van der Waals surface area contributed by atoms with E-state index in [0.717, 1.165) is 18.1 Å². The molecule has 0 aliphatic heterocycles. The first-order valence-electron chi connectivity index (χ1n) is 6.93. The smallest absolute Gasteiger partial charge is 0.158 e. The minimum atomic E-state index is -0.270. The molecule has 2 aromatic rings. The zero-order valence-corrected chi connectivity index (χ0v) is 12.2. The van der Waals surface area contributed by atoms with Gasteiger partial charge in [0.15, 0.2) is 5.82 Å². The van der Waals surface area contributed by atoms with Crippen molar-refractivity contribution in [3.63, 3.8) is 0 Å². The summed E-state index contributed by atoms with van der Waals surface area (Å²) in [6.07, 6.45) is 0. The van der Waals surface area contributed by atoms with E-state index in [9.17, 15) is 4.39 Å². The summed E-state index contributed by atoms with van der Waals surface area (Å²) in [5.41, 5.74) is 0.764. The van der Waals surface area contributed by atoms with E-state index in [1.54, 1.807) is 12.1 Å². The highest BCUT2D eigenvalue weighted by Gasteiger charge is 2.05. The number of hydrogen-bond donors (Lipinski definition) is 2. The van der Waals surface area contributed by atoms with Crippen molar-refractivity contribution in [2.75, 3.05) is 23.8 Å². The largest absolute Gasteiger partial charge is 0.374 e. The summed E-state index contributed by atoms with van der Waals surface area (Å²) >= 11 is 0. The van der Waals surface area contributed by atoms with Gasteiger partial charge in [0.25, 0.3) is 0 Å². The molecule has 1 aromatic carbocycles. The molecule has 112 valence electrons. The number of benzene rings is 1. The van der Waals surface area contributed by atoms with Gasteiger partial charge in [-0.1, -0.05) is 0 Å². The molecular formula is C15H19FN4O. The molecule has 21 heavy (non-hydrogen) atoms. The Morgan fingerprint density at radius 1 is 1.10 bits per heavy atom. The second-order valence-corrected chi connectivity index (χ2v) is 4.35. The molecule has 0 unspecified atom stereocenters. The first-order valence-corrected chi connectivity index (χ1v) is 6.93. The Balaban J connectivity index is 2.19. The average Bonchev–Trinajstić information content (AvgIpc) is 2.48. The van der Waals surface area contributed by atoms with Crippen LogP contribution in [0.5, 0.6) is 0 Å². The Bertz CT molecular complexity index is 574. The molecule has 0 fully saturated rings. The molecule has 0 amide bonds. The number of ether oxygens (including phenoxy) is 1. The molecule has 0 saturated carbocycles. The quantitative estimate of drug-likeness (QED) is 0.819. The fourth-order valence-electron chi connectivity index (χ4n) is 1.77. The lowest BCUT2D eigenvalue weighted by Gasteiger charge is -2.10.